The molecular formula is C15H17NO4. The molecule has 1 N–H and O–H groups in total. The molecule has 5 heteroatoms. The predicted octanol–water partition coefficient (Wildman–Crippen LogP) is 1.05. The monoisotopic (exact) mass is 275 g/mol. The van der Waals surface area contributed by atoms with Crippen LogP contribution < -0.4 is 10.1 Å². The van der Waals surface area contributed by atoms with E-state index in [9.17, 15) is 9.59 Å². The van der Waals surface area contributed by atoms with Crippen LogP contribution in [0.15, 0.2) is 24.3 Å². The highest BCUT2D eigenvalue weighted by atomic mass is 16.6. The van der Waals surface area contributed by atoms with E-state index in [1.807, 2.05) is 25.1 Å². The first-order chi connectivity index (χ1) is 9.52. The van der Waals surface area contributed by atoms with Crippen LogP contribution in [-0.4, -0.2) is 31.1 Å². The zero-order valence-electron chi connectivity index (χ0n) is 11.5. The molecule has 1 rings (SSSR count). The zero-order valence-corrected chi connectivity index (χ0v) is 11.5. The summed E-state index contributed by atoms with van der Waals surface area (Å²) < 4.78 is 10.3. The highest BCUT2D eigenvalue weighted by molar-refractivity contribution is 5.82. The summed E-state index contributed by atoms with van der Waals surface area (Å²) in [4.78, 5) is 22.9. The van der Waals surface area contributed by atoms with Crippen molar-refractivity contribution in [3.8, 4) is 18.1 Å². The maximum atomic E-state index is 11.6. The van der Waals surface area contributed by atoms with Crippen LogP contribution in [0.3, 0.4) is 0 Å². The molecule has 0 saturated carbocycles. The number of benzene rings is 1. The van der Waals surface area contributed by atoms with Crippen LogP contribution in [0.4, 0.5) is 0 Å². The van der Waals surface area contributed by atoms with Crippen LogP contribution in [0.25, 0.3) is 0 Å². The van der Waals surface area contributed by atoms with Crippen molar-refractivity contribution < 1.29 is 19.1 Å². The Morgan fingerprint density at radius 1 is 1.45 bits per heavy atom. The SMILES string of the molecule is C#CCNC(=O)COC(=O)[C@H](C)Oc1cccc(C)c1. The molecule has 1 amide bonds. The van der Waals surface area contributed by atoms with E-state index in [-0.39, 0.29) is 13.2 Å². The molecule has 106 valence electrons. The van der Waals surface area contributed by atoms with Gasteiger partial charge in [0, 0.05) is 0 Å². The highest BCUT2D eigenvalue weighted by Gasteiger charge is 2.17. The molecule has 0 saturated heterocycles. The Bertz CT molecular complexity index is 519. The average molecular weight is 275 g/mol. The lowest BCUT2D eigenvalue weighted by atomic mass is 10.2. The largest absolute Gasteiger partial charge is 0.479 e. The summed E-state index contributed by atoms with van der Waals surface area (Å²) >= 11 is 0. The van der Waals surface area contributed by atoms with Gasteiger partial charge < -0.3 is 14.8 Å². The van der Waals surface area contributed by atoms with Crippen LogP contribution >= 0.6 is 0 Å². The quantitative estimate of drug-likeness (QED) is 0.622. The topological polar surface area (TPSA) is 64.6 Å². The van der Waals surface area contributed by atoms with Gasteiger partial charge in [-0.2, -0.15) is 0 Å². The summed E-state index contributed by atoms with van der Waals surface area (Å²) in [5, 5.41) is 2.39. The minimum Gasteiger partial charge on any atom is -0.479 e. The first-order valence-electron chi connectivity index (χ1n) is 6.13. The minimum atomic E-state index is -0.794. The highest BCUT2D eigenvalue weighted by Crippen LogP contribution is 2.14. The second kappa shape index (κ2) is 7.85. The Morgan fingerprint density at radius 3 is 2.85 bits per heavy atom. The summed E-state index contributed by atoms with van der Waals surface area (Å²) in [5.74, 6) is 1.77. The number of hydrogen-bond donors (Lipinski definition) is 1. The average Bonchev–Trinajstić information content (AvgIpc) is 2.42. The van der Waals surface area contributed by atoms with Crippen LogP contribution in [0.2, 0.25) is 0 Å². The van der Waals surface area contributed by atoms with E-state index in [0.29, 0.717) is 5.75 Å². The number of ether oxygens (including phenoxy) is 2. The van der Waals surface area contributed by atoms with Gasteiger partial charge in [-0.3, -0.25) is 4.79 Å². The molecule has 0 bridgehead atoms. The molecule has 0 fully saturated rings. The van der Waals surface area contributed by atoms with E-state index in [2.05, 4.69) is 11.2 Å². The Kier molecular flexibility index (Phi) is 6.11. The van der Waals surface area contributed by atoms with E-state index in [1.165, 1.54) is 0 Å². The number of carbonyl (C=O) groups is 2. The first kappa shape index (κ1) is 15.6. The smallest absolute Gasteiger partial charge is 0.347 e. The molecule has 0 aliphatic rings. The maximum Gasteiger partial charge on any atom is 0.347 e. The molecule has 0 heterocycles. The van der Waals surface area contributed by atoms with Crippen molar-refractivity contribution in [3.05, 3.63) is 29.8 Å². The van der Waals surface area contributed by atoms with Gasteiger partial charge in [-0.05, 0) is 31.5 Å². The van der Waals surface area contributed by atoms with E-state index in [0.717, 1.165) is 5.56 Å². The van der Waals surface area contributed by atoms with Gasteiger partial charge in [-0.1, -0.05) is 18.1 Å². The lowest BCUT2D eigenvalue weighted by molar-refractivity contribution is -0.154. The lowest BCUT2D eigenvalue weighted by Gasteiger charge is -2.14. The van der Waals surface area contributed by atoms with Gasteiger partial charge in [0.15, 0.2) is 12.7 Å². The van der Waals surface area contributed by atoms with Crippen molar-refractivity contribution >= 4 is 11.9 Å². The second-order valence-electron chi connectivity index (χ2n) is 4.17. The molecule has 0 aliphatic carbocycles. The molecule has 20 heavy (non-hydrogen) atoms. The van der Waals surface area contributed by atoms with Gasteiger partial charge in [0.1, 0.15) is 5.75 Å². The van der Waals surface area contributed by atoms with Gasteiger partial charge in [0.25, 0.3) is 5.91 Å². The number of rotatable bonds is 6. The third-order valence-corrected chi connectivity index (χ3v) is 2.37. The molecule has 0 spiro atoms. The molecule has 1 atom stereocenters. The summed E-state index contributed by atoms with van der Waals surface area (Å²) in [7, 11) is 0. The van der Waals surface area contributed by atoms with Crippen molar-refractivity contribution in [1.29, 1.82) is 0 Å². The standard InChI is InChI=1S/C15H17NO4/c1-4-8-16-14(17)10-19-15(18)12(3)20-13-7-5-6-11(2)9-13/h1,5-7,9,12H,8,10H2,2-3H3,(H,16,17)/t12-/m0/s1. The van der Waals surface area contributed by atoms with E-state index < -0.39 is 18.0 Å². The van der Waals surface area contributed by atoms with Crippen LogP contribution in [0.5, 0.6) is 5.75 Å². The molecule has 0 aromatic heterocycles. The fourth-order valence-electron chi connectivity index (χ4n) is 1.40. The summed E-state index contributed by atoms with van der Waals surface area (Å²) in [6.45, 7) is 3.21. The minimum absolute atomic E-state index is 0.103. The molecule has 0 unspecified atom stereocenters. The van der Waals surface area contributed by atoms with Crippen molar-refractivity contribution in [2.45, 2.75) is 20.0 Å². The van der Waals surface area contributed by atoms with E-state index >= 15 is 0 Å². The molecule has 1 aromatic rings. The number of hydrogen-bond acceptors (Lipinski definition) is 4. The van der Waals surface area contributed by atoms with Crippen molar-refractivity contribution in [3.63, 3.8) is 0 Å². The van der Waals surface area contributed by atoms with Gasteiger partial charge in [-0.15, -0.1) is 6.42 Å². The number of terminal acetylenes is 1. The number of amides is 1. The molecular weight excluding hydrogens is 258 g/mol. The Morgan fingerprint density at radius 2 is 2.20 bits per heavy atom. The lowest BCUT2D eigenvalue weighted by Crippen LogP contribution is -2.33. The number of aryl methyl sites for hydroxylation is 1. The Labute approximate surface area is 118 Å². The number of nitrogens with one attached hydrogen (secondary N) is 1. The molecule has 1 aromatic carbocycles. The summed E-state index contributed by atoms with van der Waals surface area (Å²) in [6.07, 6.45) is 4.19. The third kappa shape index (κ3) is 5.44. The number of carbonyl (C=O) groups excluding carboxylic acids is 2. The fraction of sp³-hybridized carbons (Fsp3) is 0.333. The van der Waals surface area contributed by atoms with E-state index in [1.54, 1.807) is 13.0 Å². The summed E-state index contributed by atoms with van der Waals surface area (Å²) in [6, 6.07) is 7.31. The zero-order chi connectivity index (χ0) is 15.0. The normalized spacial score (nSPS) is 11.1. The summed E-state index contributed by atoms with van der Waals surface area (Å²) in [5.41, 5.74) is 1.02. The first-order valence-corrected chi connectivity index (χ1v) is 6.13. The van der Waals surface area contributed by atoms with Gasteiger partial charge >= 0.3 is 5.97 Å². The molecule has 0 aliphatic heterocycles. The second-order valence-corrected chi connectivity index (χ2v) is 4.17. The van der Waals surface area contributed by atoms with Crippen molar-refractivity contribution in [1.82, 2.24) is 5.32 Å². The van der Waals surface area contributed by atoms with Crippen LogP contribution in [-0.2, 0) is 14.3 Å². The van der Waals surface area contributed by atoms with Gasteiger partial charge in [-0.25, -0.2) is 4.79 Å². The predicted molar refractivity (Wildman–Crippen MR) is 74.1 cm³/mol. The maximum absolute atomic E-state index is 11.6. The van der Waals surface area contributed by atoms with E-state index in [4.69, 9.17) is 15.9 Å². The molecule has 5 nitrogen and oxygen atoms in total. The van der Waals surface area contributed by atoms with Crippen LogP contribution in [0, 0.1) is 19.3 Å². The van der Waals surface area contributed by atoms with Crippen molar-refractivity contribution in [2.75, 3.05) is 13.2 Å². The Balaban J connectivity index is 2.40. The van der Waals surface area contributed by atoms with Gasteiger partial charge in [0.05, 0.1) is 6.54 Å². The third-order valence-electron chi connectivity index (χ3n) is 2.37. The molecule has 0 radical (unpaired) electrons. The fourth-order valence-corrected chi connectivity index (χ4v) is 1.40. The van der Waals surface area contributed by atoms with Gasteiger partial charge in [0.2, 0.25) is 0 Å². The van der Waals surface area contributed by atoms with Crippen molar-refractivity contribution in [2.24, 2.45) is 0 Å². The Hall–Kier alpha value is -2.48. The van der Waals surface area contributed by atoms with Crippen LogP contribution in [0.1, 0.15) is 12.5 Å². The number of esters is 1.